The molecule has 0 aliphatic rings. The van der Waals surface area contributed by atoms with E-state index in [-0.39, 0.29) is 17.8 Å². The highest BCUT2D eigenvalue weighted by molar-refractivity contribution is 5.75. The van der Waals surface area contributed by atoms with Crippen LogP contribution in [0.4, 0.5) is 4.39 Å². The molecular formula is C15H22FNO3. The molecule has 1 rings (SSSR count). The highest BCUT2D eigenvalue weighted by Gasteiger charge is 2.20. The van der Waals surface area contributed by atoms with Crippen LogP contribution >= 0.6 is 0 Å². The van der Waals surface area contributed by atoms with Gasteiger partial charge in [0.1, 0.15) is 17.6 Å². The van der Waals surface area contributed by atoms with E-state index in [1.54, 1.807) is 19.1 Å². The summed E-state index contributed by atoms with van der Waals surface area (Å²) in [6.45, 7) is 6.35. The normalized spacial score (nSPS) is 12.2. The second-order valence-corrected chi connectivity index (χ2v) is 4.72. The Morgan fingerprint density at radius 1 is 1.40 bits per heavy atom. The highest BCUT2D eigenvalue weighted by Crippen LogP contribution is 2.12. The lowest BCUT2D eigenvalue weighted by molar-refractivity contribution is -0.146. The van der Waals surface area contributed by atoms with Crippen molar-refractivity contribution in [1.29, 1.82) is 0 Å². The average molecular weight is 283 g/mol. The Balaban J connectivity index is 2.47. The number of carbonyl (C=O) groups excluding carboxylic acids is 1. The largest absolute Gasteiger partial charge is 0.493 e. The molecule has 112 valence electrons. The van der Waals surface area contributed by atoms with Gasteiger partial charge in [-0.05, 0) is 19.1 Å². The summed E-state index contributed by atoms with van der Waals surface area (Å²) in [7, 11) is 0. The summed E-state index contributed by atoms with van der Waals surface area (Å²) >= 11 is 0. The Labute approximate surface area is 119 Å². The van der Waals surface area contributed by atoms with E-state index in [0.29, 0.717) is 25.4 Å². The third-order valence-electron chi connectivity index (χ3n) is 2.58. The minimum Gasteiger partial charge on any atom is -0.493 e. The van der Waals surface area contributed by atoms with Gasteiger partial charge in [-0.1, -0.05) is 19.9 Å². The van der Waals surface area contributed by atoms with Crippen molar-refractivity contribution in [2.75, 3.05) is 13.2 Å². The molecule has 0 heterocycles. The first-order valence-corrected chi connectivity index (χ1v) is 6.84. The molecule has 1 N–H and O–H groups in total. The zero-order chi connectivity index (χ0) is 15.0. The van der Waals surface area contributed by atoms with Gasteiger partial charge in [-0.15, -0.1) is 0 Å². The summed E-state index contributed by atoms with van der Waals surface area (Å²) < 4.78 is 23.4. The van der Waals surface area contributed by atoms with Gasteiger partial charge < -0.3 is 14.8 Å². The molecule has 0 fully saturated rings. The van der Waals surface area contributed by atoms with Crippen LogP contribution in [-0.4, -0.2) is 31.3 Å². The summed E-state index contributed by atoms with van der Waals surface area (Å²) in [5, 5.41) is 3.13. The Hall–Kier alpha value is -1.62. The molecule has 0 bridgehead atoms. The summed E-state index contributed by atoms with van der Waals surface area (Å²) in [6.07, 6.45) is 0.466. The third-order valence-corrected chi connectivity index (χ3v) is 2.58. The quantitative estimate of drug-likeness (QED) is 0.745. The van der Waals surface area contributed by atoms with Gasteiger partial charge in [0.15, 0.2) is 0 Å². The van der Waals surface area contributed by atoms with Crippen molar-refractivity contribution in [2.24, 2.45) is 0 Å². The second kappa shape index (κ2) is 8.53. The van der Waals surface area contributed by atoms with Crippen LogP contribution in [0.25, 0.3) is 0 Å². The van der Waals surface area contributed by atoms with E-state index in [1.165, 1.54) is 12.1 Å². The molecule has 0 saturated heterocycles. The number of benzene rings is 1. The molecule has 0 amide bonds. The molecular weight excluding hydrogens is 261 g/mol. The molecule has 1 atom stereocenters. The van der Waals surface area contributed by atoms with Gasteiger partial charge in [0.2, 0.25) is 0 Å². The summed E-state index contributed by atoms with van der Waals surface area (Å²) in [4.78, 5) is 11.8. The van der Waals surface area contributed by atoms with Gasteiger partial charge in [-0.25, -0.2) is 4.39 Å². The van der Waals surface area contributed by atoms with Crippen molar-refractivity contribution in [2.45, 2.75) is 39.3 Å². The van der Waals surface area contributed by atoms with Crippen LogP contribution in [0.1, 0.15) is 27.2 Å². The van der Waals surface area contributed by atoms with Crippen molar-refractivity contribution >= 4 is 5.97 Å². The molecule has 0 aliphatic carbocycles. The van der Waals surface area contributed by atoms with Crippen LogP contribution in [0.15, 0.2) is 24.3 Å². The molecule has 1 aromatic rings. The van der Waals surface area contributed by atoms with Gasteiger partial charge in [-0.2, -0.15) is 0 Å². The number of hydrogen-bond acceptors (Lipinski definition) is 4. The lowest BCUT2D eigenvalue weighted by Gasteiger charge is -2.19. The topological polar surface area (TPSA) is 47.6 Å². The minimum absolute atomic E-state index is 0.165. The van der Waals surface area contributed by atoms with Gasteiger partial charge in [0.05, 0.1) is 13.2 Å². The van der Waals surface area contributed by atoms with E-state index < -0.39 is 6.04 Å². The first kappa shape index (κ1) is 16.4. The maximum absolute atomic E-state index is 13.0. The van der Waals surface area contributed by atoms with Crippen molar-refractivity contribution in [3.63, 3.8) is 0 Å². The van der Waals surface area contributed by atoms with E-state index in [1.807, 2.05) is 13.8 Å². The lowest BCUT2D eigenvalue weighted by Crippen LogP contribution is -2.42. The maximum atomic E-state index is 13.0. The summed E-state index contributed by atoms with van der Waals surface area (Å²) in [5.41, 5.74) is 0. The lowest BCUT2D eigenvalue weighted by atomic mass is 10.2. The SMILES string of the molecule is CCOC(=O)C(CCOc1cccc(F)c1)NC(C)C. The molecule has 0 aliphatic heterocycles. The Bertz CT molecular complexity index is 423. The predicted molar refractivity (Wildman–Crippen MR) is 75.2 cm³/mol. The van der Waals surface area contributed by atoms with E-state index >= 15 is 0 Å². The van der Waals surface area contributed by atoms with E-state index in [9.17, 15) is 9.18 Å². The fourth-order valence-electron chi connectivity index (χ4n) is 1.77. The van der Waals surface area contributed by atoms with E-state index in [2.05, 4.69) is 5.32 Å². The fraction of sp³-hybridized carbons (Fsp3) is 0.533. The van der Waals surface area contributed by atoms with Crippen molar-refractivity contribution < 1.29 is 18.7 Å². The van der Waals surface area contributed by atoms with Gasteiger partial charge in [-0.3, -0.25) is 4.79 Å². The van der Waals surface area contributed by atoms with Crippen LogP contribution < -0.4 is 10.1 Å². The van der Waals surface area contributed by atoms with Crippen LogP contribution in [0.3, 0.4) is 0 Å². The second-order valence-electron chi connectivity index (χ2n) is 4.72. The Morgan fingerprint density at radius 3 is 2.75 bits per heavy atom. The smallest absolute Gasteiger partial charge is 0.323 e. The number of esters is 1. The molecule has 0 aromatic heterocycles. The molecule has 0 saturated carbocycles. The highest BCUT2D eigenvalue weighted by atomic mass is 19.1. The third kappa shape index (κ3) is 6.02. The number of rotatable bonds is 8. The first-order chi connectivity index (χ1) is 9.52. The minimum atomic E-state index is -0.413. The van der Waals surface area contributed by atoms with E-state index in [0.717, 1.165) is 0 Å². The van der Waals surface area contributed by atoms with Gasteiger partial charge >= 0.3 is 5.97 Å². The monoisotopic (exact) mass is 283 g/mol. The molecule has 1 aromatic carbocycles. The molecule has 20 heavy (non-hydrogen) atoms. The molecule has 0 spiro atoms. The molecule has 5 heteroatoms. The zero-order valence-electron chi connectivity index (χ0n) is 12.2. The molecule has 4 nitrogen and oxygen atoms in total. The summed E-state index contributed by atoms with van der Waals surface area (Å²) in [5.74, 6) is -0.175. The molecule has 0 radical (unpaired) electrons. The predicted octanol–water partition coefficient (Wildman–Crippen LogP) is 2.52. The van der Waals surface area contributed by atoms with Crippen LogP contribution in [-0.2, 0) is 9.53 Å². The Morgan fingerprint density at radius 2 is 2.15 bits per heavy atom. The number of ether oxygens (including phenoxy) is 2. The van der Waals surface area contributed by atoms with Crippen LogP contribution in [0.5, 0.6) is 5.75 Å². The molecule has 1 unspecified atom stereocenters. The number of carbonyl (C=O) groups is 1. The van der Waals surface area contributed by atoms with Gasteiger partial charge in [0.25, 0.3) is 0 Å². The number of hydrogen-bond donors (Lipinski definition) is 1. The number of nitrogens with one attached hydrogen (secondary N) is 1. The van der Waals surface area contributed by atoms with E-state index in [4.69, 9.17) is 9.47 Å². The van der Waals surface area contributed by atoms with Crippen LogP contribution in [0, 0.1) is 5.82 Å². The van der Waals surface area contributed by atoms with Gasteiger partial charge in [0, 0.05) is 18.5 Å². The van der Waals surface area contributed by atoms with Crippen molar-refractivity contribution in [3.05, 3.63) is 30.1 Å². The maximum Gasteiger partial charge on any atom is 0.323 e. The number of halogens is 1. The fourth-order valence-corrected chi connectivity index (χ4v) is 1.77. The average Bonchev–Trinajstić information content (AvgIpc) is 2.37. The zero-order valence-corrected chi connectivity index (χ0v) is 12.2. The standard InChI is InChI=1S/C15H22FNO3/c1-4-19-15(18)14(17-11(2)3)8-9-20-13-7-5-6-12(16)10-13/h5-7,10-11,14,17H,4,8-9H2,1-3H3. The van der Waals surface area contributed by atoms with Crippen LogP contribution in [0.2, 0.25) is 0 Å². The van der Waals surface area contributed by atoms with Crippen molar-refractivity contribution in [3.8, 4) is 5.75 Å². The van der Waals surface area contributed by atoms with Crippen molar-refractivity contribution in [1.82, 2.24) is 5.32 Å². The first-order valence-electron chi connectivity index (χ1n) is 6.84. The summed E-state index contributed by atoms with van der Waals surface area (Å²) in [6, 6.07) is 5.68. The Kier molecular flexibility index (Phi) is 7.01.